The number of benzene rings is 1. The third-order valence-electron chi connectivity index (χ3n) is 3.12. The van der Waals surface area contributed by atoms with E-state index in [-0.39, 0.29) is 11.7 Å². The lowest BCUT2D eigenvalue weighted by molar-refractivity contribution is -0.117. The van der Waals surface area contributed by atoms with E-state index in [1.807, 2.05) is 0 Å². The Morgan fingerprint density at radius 1 is 1.29 bits per heavy atom. The third kappa shape index (κ3) is 5.43. The molecule has 0 atom stereocenters. The molecule has 10 heteroatoms. The Morgan fingerprint density at radius 3 is 2.50 bits per heavy atom. The first-order valence-corrected chi connectivity index (χ1v) is 8.04. The van der Waals surface area contributed by atoms with Gasteiger partial charge in [0.05, 0.1) is 0 Å². The maximum Gasteiger partial charge on any atom is 0.535 e. The van der Waals surface area contributed by atoms with Crippen LogP contribution in [0.15, 0.2) is 29.4 Å². The molecule has 2 N–H and O–H groups in total. The number of amidine groups is 1. The molecule has 2 rings (SSSR count). The molecule has 1 fully saturated rings. The van der Waals surface area contributed by atoms with Gasteiger partial charge >= 0.3 is 6.16 Å². The molecule has 130 valence electrons. The van der Waals surface area contributed by atoms with Crippen LogP contribution in [0.5, 0.6) is 0 Å². The van der Waals surface area contributed by atoms with Gasteiger partial charge in [-0.1, -0.05) is 40.0 Å². The molecule has 1 saturated heterocycles. The highest BCUT2D eigenvalue weighted by Gasteiger charge is 2.23. The lowest BCUT2D eigenvalue weighted by Crippen LogP contribution is -2.23. The summed E-state index contributed by atoms with van der Waals surface area (Å²) in [6.07, 6.45) is 0.243. The van der Waals surface area contributed by atoms with Gasteiger partial charge in [0, 0.05) is 24.2 Å². The van der Waals surface area contributed by atoms with Crippen LogP contribution < -0.4 is 10.6 Å². The molecule has 0 aromatic heterocycles. The van der Waals surface area contributed by atoms with E-state index in [9.17, 15) is 9.59 Å². The zero-order valence-corrected chi connectivity index (χ0v) is 14.6. The van der Waals surface area contributed by atoms with E-state index < -0.39 is 16.6 Å². The van der Waals surface area contributed by atoms with Crippen LogP contribution in [0.1, 0.15) is 18.4 Å². The summed E-state index contributed by atoms with van der Waals surface area (Å²) in [5.41, 5.74) is 7.00. The number of nitrogens with two attached hydrogens (primary N) is 1. The molecule has 1 aromatic rings. The fourth-order valence-electron chi connectivity index (χ4n) is 2.04. The molecule has 0 aliphatic carbocycles. The molecule has 0 bridgehead atoms. The number of oxime groups is 1. The predicted octanol–water partition coefficient (Wildman–Crippen LogP) is 2.96. The van der Waals surface area contributed by atoms with Gasteiger partial charge in [-0.25, -0.2) is 4.79 Å². The van der Waals surface area contributed by atoms with Crippen LogP contribution in [0.25, 0.3) is 0 Å². The van der Waals surface area contributed by atoms with Crippen LogP contribution in [0.2, 0.25) is 0 Å². The smallest absolute Gasteiger partial charge is 0.428 e. The van der Waals surface area contributed by atoms with Crippen molar-refractivity contribution in [2.24, 2.45) is 10.9 Å². The van der Waals surface area contributed by atoms with Gasteiger partial charge in [0.1, 0.15) is 6.61 Å². The summed E-state index contributed by atoms with van der Waals surface area (Å²) < 4.78 is 2.79. The second kappa shape index (κ2) is 7.92. The third-order valence-corrected chi connectivity index (χ3v) is 3.45. The number of carbonyl (C=O) groups excluding carboxylic acids is 2. The van der Waals surface area contributed by atoms with E-state index in [0.717, 1.165) is 12.1 Å². The highest BCUT2D eigenvalue weighted by Crippen LogP contribution is 2.26. The molecule has 1 aliphatic heterocycles. The van der Waals surface area contributed by atoms with Gasteiger partial charge in [0.15, 0.2) is 5.84 Å². The number of ether oxygens (including phenoxy) is 1. The summed E-state index contributed by atoms with van der Waals surface area (Å²) in [4.78, 5) is 29.1. The first kappa shape index (κ1) is 18.6. The molecule has 1 aromatic carbocycles. The van der Waals surface area contributed by atoms with Crippen LogP contribution >= 0.6 is 34.8 Å². The lowest BCUT2D eigenvalue weighted by Gasteiger charge is -2.15. The molecule has 0 saturated carbocycles. The standard InChI is InChI=1S/C14H14Cl3N3O4/c15-14(16,17)8-23-13(22)24-19-12(18)9-3-5-10(6-4-9)20-7-1-2-11(20)21/h3-6H,1-2,7-8H2,(H2,18,19). The van der Waals surface area contributed by atoms with E-state index >= 15 is 0 Å². The summed E-state index contributed by atoms with van der Waals surface area (Å²) in [5, 5.41) is 3.45. The molecule has 1 amide bonds. The molecular formula is C14H14Cl3N3O4. The Kier molecular flexibility index (Phi) is 6.15. The van der Waals surface area contributed by atoms with Crippen molar-refractivity contribution in [1.29, 1.82) is 0 Å². The SMILES string of the molecule is N/C(=N\OC(=O)OCC(Cl)(Cl)Cl)c1ccc(N2CCCC2=O)cc1. The van der Waals surface area contributed by atoms with Crippen LogP contribution in [-0.4, -0.2) is 34.8 Å². The Balaban J connectivity index is 1.93. The first-order valence-electron chi connectivity index (χ1n) is 6.91. The van der Waals surface area contributed by atoms with Gasteiger partial charge in [-0.3, -0.25) is 9.63 Å². The van der Waals surface area contributed by atoms with Gasteiger partial charge in [0.2, 0.25) is 9.70 Å². The average molecular weight is 395 g/mol. The topological polar surface area (TPSA) is 94.2 Å². The van der Waals surface area contributed by atoms with Crippen LogP contribution in [-0.2, 0) is 14.4 Å². The van der Waals surface area contributed by atoms with Crippen molar-refractivity contribution in [3.8, 4) is 0 Å². The number of rotatable bonds is 4. The van der Waals surface area contributed by atoms with Crippen molar-refractivity contribution in [2.75, 3.05) is 18.1 Å². The number of amides is 1. The van der Waals surface area contributed by atoms with Crippen LogP contribution in [0, 0.1) is 0 Å². The molecular weight excluding hydrogens is 381 g/mol. The van der Waals surface area contributed by atoms with Crippen molar-refractivity contribution in [3.63, 3.8) is 0 Å². The number of anilines is 1. The van der Waals surface area contributed by atoms with Gasteiger partial charge in [-0.15, -0.1) is 0 Å². The van der Waals surface area contributed by atoms with Crippen LogP contribution in [0.3, 0.4) is 0 Å². The van der Waals surface area contributed by atoms with Crippen molar-refractivity contribution in [1.82, 2.24) is 0 Å². The number of carbonyl (C=O) groups is 2. The highest BCUT2D eigenvalue weighted by molar-refractivity contribution is 6.67. The Hall–Kier alpha value is -1.70. The molecule has 0 spiro atoms. The summed E-state index contributed by atoms with van der Waals surface area (Å²) in [5.74, 6) is 0.0459. The largest absolute Gasteiger partial charge is 0.535 e. The predicted molar refractivity (Wildman–Crippen MR) is 91.5 cm³/mol. The van der Waals surface area contributed by atoms with Crippen molar-refractivity contribution < 1.29 is 19.2 Å². The van der Waals surface area contributed by atoms with E-state index in [2.05, 4.69) is 14.7 Å². The molecule has 1 aliphatic rings. The average Bonchev–Trinajstić information content (AvgIpc) is 2.96. The molecule has 24 heavy (non-hydrogen) atoms. The lowest BCUT2D eigenvalue weighted by atomic mass is 10.2. The van der Waals surface area contributed by atoms with Crippen molar-refractivity contribution >= 4 is 58.4 Å². The van der Waals surface area contributed by atoms with Crippen LogP contribution in [0.4, 0.5) is 10.5 Å². The summed E-state index contributed by atoms with van der Waals surface area (Å²) in [6.45, 7) is 0.213. The van der Waals surface area contributed by atoms with E-state index in [1.165, 1.54) is 0 Å². The Morgan fingerprint density at radius 2 is 1.96 bits per heavy atom. The maximum absolute atomic E-state index is 11.7. The minimum atomic E-state index is -1.74. The van der Waals surface area contributed by atoms with Gasteiger partial charge in [0.25, 0.3) is 0 Å². The summed E-state index contributed by atoms with van der Waals surface area (Å²) >= 11 is 16.3. The minimum absolute atomic E-state index is 0.0415. The van der Waals surface area contributed by atoms with Gasteiger partial charge < -0.3 is 15.4 Å². The van der Waals surface area contributed by atoms with E-state index in [0.29, 0.717) is 18.5 Å². The molecule has 0 radical (unpaired) electrons. The quantitative estimate of drug-likeness (QED) is 0.212. The first-order chi connectivity index (χ1) is 11.3. The summed E-state index contributed by atoms with van der Waals surface area (Å²) in [6, 6.07) is 6.80. The Labute approximate surface area is 153 Å². The normalized spacial score (nSPS) is 15.5. The zero-order valence-electron chi connectivity index (χ0n) is 12.4. The second-order valence-corrected chi connectivity index (χ2v) is 7.43. The number of nitrogens with zero attached hydrogens (tertiary/aromatic N) is 2. The fraction of sp³-hybridized carbons (Fsp3) is 0.357. The minimum Gasteiger partial charge on any atom is -0.428 e. The van der Waals surface area contributed by atoms with Crippen molar-refractivity contribution in [2.45, 2.75) is 16.6 Å². The highest BCUT2D eigenvalue weighted by atomic mass is 35.6. The molecule has 1 heterocycles. The van der Waals surface area contributed by atoms with E-state index in [4.69, 9.17) is 40.5 Å². The number of hydrogen-bond acceptors (Lipinski definition) is 5. The second-order valence-electron chi connectivity index (χ2n) is 4.92. The van der Waals surface area contributed by atoms with Crippen molar-refractivity contribution in [3.05, 3.63) is 29.8 Å². The number of hydrogen-bond donors (Lipinski definition) is 1. The monoisotopic (exact) mass is 393 g/mol. The summed E-state index contributed by atoms with van der Waals surface area (Å²) in [7, 11) is 0. The molecule has 0 unspecified atom stereocenters. The van der Waals surface area contributed by atoms with Gasteiger partial charge in [-0.2, -0.15) is 0 Å². The fourth-order valence-corrected chi connectivity index (χ4v) is 2.20. The number of halogens is 3. The Bertz CT molecular complexity index is 644. The maximum atomic E-state index is 11.7. The van der Waals surface area contributed by atoms with E-state index in [1.54, 1.807) is 29.2 Å². The molecule has 7 nitrogen and oxygen atoms in total. The number of alkyl halides is 3. The zero-order chi connectivity index (χ0) is 17.7. The van der Waals surface area contributed by atoms with Gasteiger partial charge in [-0.05, 0) is 30.7 Å².